The third-order valence-electron chi connectivity index (χ3n) is 2.98. The van der Waals surface area contributed by atoms with Gasteiger partial charge in [0.15, 0.2) is 11.5 Å². The maximum atomic E-state index is 5.75. The lowest BCUT2D eigenvalue weighted by atomic mass is 10.3. The van der Waals surface area contributed by atoms with E-state index in [4.69, 9.17) is 10.5 Å². The second-order valence-electron chi connectivity index (χ2n) is 4.38. The highest BCUT2D eigenvalue weighted by molar-refractivity contribution is 5.80. The Bertz CT molecular complexity index is 695. The summed E-state index contributed by atoms with van der Waals surface area (Å²) < 4.78 is 7.61. The van der Waals surface area contributed by atoms with Crippen LogP contribution in [0.25, 0.3) is 11.2 Å². The zero-order valence-electron chi connectivity index (χ0n) is 10.9. The number of rotatable bonds is 5. The number of aromatic nitrogens is 4. The summed E-state index contributed by atoms with van der Waals surface area (Å²) in [6.07, 6.45) is 4.05. The van der Waals surface area contributed by atoms with Crippen LogP contribution >= 0.6 is 0 Å². The SMILES string of the molecule is Nc1ncnc2c1ncn2CCCOc1ccccc1. The number of hydrogen-bond donors (Lipinski definition) is 1. The Morgan fingerprint density at radius 2 is 1.95 bits per heavy atom. The number of aryl methyl sites for hydroxylation is 1. The van der Waals surface area contributed by atoms with E-state index < -0.39 is 0 Å². The number of hydrogen-bond acceptors (Lipinski definition) is 5. The van der Waals surface area contributed by atoms with Gasteiger partial charge in [-0.2, -0.15) is 0 Å². The van der Waals surface area contributed by atoms with Crippen LogP contribution in [0.2, 0.25) is 0 Å². The third kappa shape index (κ3) is 2.54. The van der Waals surface area contributed by atoms with Gasteiger partial charge >= 0.3 is 0 Å². The van der Waals surface area contributed by atoms with Crippen molar-refractivity contribution >= 4 is 17.0 Å². The van der Waals surface area contributed by atoms with Crippen molar-refractivity contribution in [3.63, 3.8) is 0 Å². The van der Waals surface area contributed by atoms with Crippen LogP contribution in [0.5, 0.6) is 5.75 Å². The molecule has 20 heavy (non-hydrogen) atoms. The molecule has 0 spiro atoms. The van der Waals surface area contributed by atoms with E-state index in [1.807, 2.05) is 34.9 Å². The van der Waals surface area contributed by atoms with E-state index in [9.17, 15) is 0 Å². The van der Waals surface area contributed by atoms with Crippen LogP contribution in [0.1, 0.15) is 6.42 Å². The standard InChI is InChI=1S/C14H15N5O/c15-13-12-14(17-9-16-13)19(10-18-12)7-4-8-20-11-5-2-1-3-6-11/h1-3,5-6,9-10H,4,7-8H2,(H2,15,16,17). The number of benzene rings is 1. The lowest BCUT2D eigenvalue weighted by molar-refractivity contribution is 0.302. The molecule has 0 aliphatic rings. The van der Waals surface area contributed by atoms with Crippen molar-refractivity contribution in [2.75, 3.05) is 12.3 Å². The number of anilines is 1. The Hall–Kier alpha value is -2.63. The molecule has 0 unspecified atom stereocenters. The third-order valence-corrected chi connectivity index (χ3v) is 2.98. The molecular formula is C14H15N5O. The van der Waals surface area contributed by atoms with Crippen molar-refractivity contribution < 1.29 is 4.74 Å². The molecule has 0 radical (unpaired) electrons. The molecule has 2 heterocycles. The molecule has 0 saturated heterocycles. The summed E-state index contributed by atoms with van der Waals surface area (Å²) in [4.78, 5) is 12.4. The Morgan fingerprint density at radius 3 is 2.80 bits per heavy atom. The van der Waals surface area contributed by atoms with Crippen molar-refractivity contribution in [1.82, 2.24) is 19.5 Å². The average Bonchev–Trinajstić information content (AvgIpc) is 2.90. The van der Waals surface area contributed by atoms with Crippen LogP contribution in [0.15, 0.2) is 43.0 Å². The Kier molecular flexibility index (Phi) is 3.45. The fourth-order valence-corrected chi connectivity index (χ4v) is 2.00. The van der Waals surface area contributed by atoms with Gasteiger partial charge in [0.05, 0.1) is 12.9 Å². The Balaban J connectivity index is 1.59. The van der Waals surface area contributed by atoms with E-state index in [0.29, 0.717) is 17.9 Å². The summed E-state index contributed by atoms with van der Waals surface area (Å²) >= 11 is 0. The Morgan fingerprint density at radius 1 is 1.10 bits per heavy atom. The van der Waals surface area contributed by atoms with E-state index in [-0.39, 0.29) is 0 Å². The van der Waals surface area contributed by atoms with E-state index in [0.717, 1.165) is 24.4 Å². The number of fused-ring (bicyclic) bond motifs is 1. The highest BCUT2D eigenvalue weighted by atomic mass is 16.5. The number of imidazole rings is 1. The van der Waals surface area contributed by atoms with E-state index in [2.05, 4.69) is 15.0 Å². The van der Waals surface area contributed by atoms with Gasteiger partial charge in [0.2, 0.25) is 0 Å². The molecule has 0 aliphatic heterocycles. The molecule has 1 aromatic carbocycles. The van der Waals surface area contributed by atoms with Crippen LogP contribution in [-0.2, 0) is 6.54 Å². The minimum atomic E-state index is 0.411. The molecular weight excluding hydrogens is 254 g/mol. The first kappa shape index (κ1) is 12.4. The molecule has 6 heteroatoms. The topological polar surface area (TPSA) is 78.9 Å². The second kappa shape index (κ2) is 5.56. The quantitative estimate of drug-likeness (QED) is 0.715. The predicted molar refractivity (Wildman–Crippen MR) is 76.3 cm³/mol. The largest absolute Gasteiger partial charge is 0.494 e. The minimum Gasteiger partial charge on any atom is -0.494 e. The molecule has 0 aliphatic carbocycles. The van der Waals surface area contributed by atoms with Gasteiger partial charge in [-0.05, 0) is 18.6 Å². The maximum absolute atomic E-state index is 5.75. The molecule has 3 aromatic rings. The average molecular weight is 269 g/mol. The first-order chi connectivity index (χ1) is 9.84. The summed E-state index contributed by atoms with van der Waals surface area (Å²) in [6, 6.07) is 9.77. The summed E-state index contributed by atoms with van der Waals surface area (Å²) in [5, 5.41) is 0. The molecule has 2 aromatic heterocycles. The second-order valence-corrected chi connectivity index (χ2v) is 4.38. The summed E-state index contributed by atoms with van der Waals surface area (Å²) in [7, 11) is 0. The van der Waals surface area contributed by atoms with Crippen LogP contribution in [-0.4, -0.2) is 26.1 Å². The predicted octanol–water partition coefficient (Wildman–Crippen LogP) is 1.88. The zero-order valence-corrected chi connectivity index (χ0v) is 10.9. The zero-order chi connectivity index (χ0) is 13.8. The fraction of sp³-hybridized carbons (Fsp3) is 0.214. The summed E-state index contributed by atoms with van der Waals surface area (Å²) in [5.74, 6) is 1.30. The maximum Gasteiger partial charge on any atom is 0.165 e. The lowest BCUT2D eigenvalue weighted by Crippen LogP contribution is -2.04. The molecule has 6 nitrogen and oxygen atoms in total. The van der Waals surface area contributed by atoms with Gasteiger partial charge < -0.3 is 15.0 Å². The van der Waals surface area contributed by atoms with E-state index in [1.54, 1.807) is 6.33 Å². The number of ether oxygens (including phenoxy) is 1. The van der Waals surface area contributed by atoms with E-state index >= 15 is 0 Å². The smallest absolute Gasteiger partial charge is 0.165 e. The number of nitrogens with two attached hydrogens (primary N) is 1. The number of nitrogens with zero attached hydrogens (tertiary/aromatic N) is 4. The minimum absolute atomic E-state index is 0.411. The summed E-state index contributed by atoms with van der Waals surface area (Å²) in [5.41, 5.74) is 7.16. The van der Waals surface area contributed by atoms with E-state index in [1.165, 1.54) is 6.33 Å². The van der Waals surface area contributed by atoms with Gasteiger partial charge in [-0.25, -0.2) is 15.0 Å². The van der Waals surface area contributed by atoms with Gasteiger partial charge in [-0.3, -0.25) is 0 Å². The number of nitrogen functional groups attached to an aromatic ring is 1. The molecule has 3 rings (SSSR count). The van der Waals surface area contributed by atoms with Gasteiger partial charge in [-0.1, -0.05) is 18.2 Å². The van der Waals surface area contributed by atoms with Crippen molar-refractivity contribution in [3.05, 3.63) is 43.0 Å². The van der Waals surface area contributed by atoms with Gasteiger partial charge in [0.25, 0.3) is 0 Å². The van der Waals surface area contributed by atoms with Gasteiger partial charge in [-0.15, -0.1) is 0 Å². The van der Waals surface area contributed by atoms with Gasteiger partial charge in [0, 0.05) is 6.54 Å². The van der Waals surface area contributed by atoms with Gasteiger partial charge in [0.1, 0.15) is 17.6 Å². The van der Waals surface area contributed by atoms with Crippen molar-refractivity contribution in [1.29, 1.82) is 0 Å². The molecule has 2 N–H and O–H groups in total. The lowest BCUT2D eigenvalue weighted by Gasteiger charge is -2.06. The monoisotopic (exact) mass is 269 g/mol. The Labute approximate surface area is 116 Å². The summed E-state index contributed by atoms with van der Waals surface area (Å²) in [6.45, 7) is 1.42. The normalized spacial score (nSPS) is 10.8. The van der Waals surface area contributed by atoms with Crippen molar-refractivity contribution in [2.45, 2.75) is 13.0 Å². The molecule has 0 amide bonds. The van der Waals surface area contributed by atoms with Crippen LogP contribution in [0.4, 0.5) is 5.82 Å². The van der Waals surface area contributed by atoms with Crippen molar-refractivity contribution in [3.8, 4) is 5.75 Å². The van der Waals surface area contributed by atoms with Crippen molar-refractivity contribution in [2.24, 2.45) is 0 Å². The molecule has 0 fully saturated rings. The van der Waals surface area contributed by atoms with Crippen LogP contribution in [0.3, 0.4) is 0 Å². The fourth-order valence-electron chi connectivity index (χ4n) is 2.00. The highest BCUT2D eigenvalue weighted by Crippen LogP contribution is 2.14. The number of para-hydroxylation sites is 1. The molecule has 0 saturated carbocycles. The first-order valence-corrected chi connectivity index (χ1v) is 6.44. The molecule has 0 atom stereocenters. The molecule has 102 valence electrons. The van der Waals surface area contributed by atoms with Crippen LogP contribution in [0, 0.1) is 0 Å². The highest BCUT2D eigenvalue weighted by Gasteiger charge is 2.07. The van der Waals surface area contributed by atoms with Crippen LogP contribution < -0.4 is 10.5 Å². The molecule has 0 bridgehead atoms. The first-order valence-electron chi connectivity index (χ1n) is 6.44.